The Morgan fingerprint density at radius 2 is 1.00 bits per heavy atom. The van der Waals surface area contributed by atoms with Gasteiger partial charge in [-0.05, 0) is 123 Å². The number of imide groups is 1. The number of ketones is 2. The van der Waals surface area contributed by atoms with Crippen LogP contribution in [0.25, 0.3) is 0 Å². The van der Waals surface area contributed by atoms with Crippen LogP contribution in [-0.2, 0) is 24.6 Å². The van der Waals surface area contributed by atoms with Gasteiger partial charge in [-0.25, -0.2) is 4.90 Å². The van der Waals surface area contributed by atoms with Gasteiger partial charge in [0.1, 0.15) is 23.0 Å². The second-order valence-electron chi connectivity index (χ2n) is 13.4. The monoisotopic (exact) mass is 646 g/mol. The number of hydrogen-bond donors (Lipinski definition) is 0. The third-order valence-corrected chi connectivity index (χ3v) is 9.36. The standard InChI is InChI=1S/C40H42N2O6/c1-23-19-29(20-24(2)35(23)47-33-15-11-31(12-16-33)41(9)10)39(7,8)30-21-25(3)36(26(4)22-30)48-34-17-13-32(14-18-34)42-37(45)40(27(5)43,28(6)44)38(42)46/h11-22H,1-10H3. The van der Waals surface area contributed by atoms with Gasteiger partial charge < -0.3 is 14.4 Å². The predicted octanol–water partition coefficient (Wildman–Crippen LogP) is 7.93. The summed E-state index contributed by atoms with van der Waals surface area (Å²) in [7, 11) is 4.02. The van der Waals surface area contributed by atoms with E-state index in [1.807, 2.05) is 52.2 Å². The molecule has 0 bridgehead atoms. The highest BCUT2D eigenvalue weighted by Gasteiger charge is 2.68. The van der Waals surface area contributed by atoms with Gasteiger partial charge in [-0.15, -0.1) is 0 Å². The molecule has 1 aliphatic rings. The van der Waals surface area contributed by atoms with E-state index >= 15 is 0 Å². The number of amides is 2. The van der Waals surface area contributed by atoms with Gasteiger partial charge in [-0.1, -0.05) is 38.1 Å². The van der Waals surface area contributed by atoms with E-state index in [-0.39, 0.29) is 11.1 Å². The molecule has 5 rings (SSSR count). The van der Waals surface area contributed by atoms with E-state index in [2.05, 4.69) is 56.9 Å². The number of carbonyl (C=O) groups excluding carboxylic acids is 4. The lowest BCUT2D eigenvalue weighted by Gasteiger charge is -2.42. The van der Waals surface area contributed by atoms with E-state index in [1.54, 1.807) is 24.3 Å². The molecule has 1 saturated heterocycles. The first-order valence-electron chi connectivity index (χ1n) is 15.9. The van der Waals surface area contributed by atoms with Gasteiger partial charge in [0.25, 0.3) is 11.8 Å². The predicted molar refractivity (Wildman–Crippen MR) is 188 cm³/mol. The van der Waals surface area contributed by atoms with E-state index in [0.717, 1.165) is 63.8 Å². The SMILES string of the molecule is CC(=O)C1(C(C)=O)C(=O)N(c2ccc(Oc3c(C)cc(C(C)(C)c4cc(C)c(Oc5ccc(N(C)C)cc5)c(C)c4)cc3C)cc2)C1=O. The molecular formula is C40H42N2O6. The highest BCUT2D eigenvalue weighted by atomic mass is 16.5. The molecule has 0 atom stereocenters. The van der Waals surface area contributed by atoms with Crippen LogP contribution < -0.4 is 19.3 Å². The molecule has 0 N–H and O–H groups in total. The lowest BCUT2D eigenvalue weighted by Crippen LogP contribution is -2.72. The Kier molecular flexibility index (Phi) is 8.82. The summed E-state index contributed by atoms with van der Waals surface area (Å²) in [6.07, 6.45) is 0. The van der Waals surface area contributed by atoms with Crippen LogP contribution in [-0.4, -0.2) is 37.5 Å². The van der Waals surface area contributed by atoms with Gasteiger partial charge in [0.05, 0.1) is 5.69 Å². The van der Waals surface area contributed by atoms with Gasteiger partial charge in [0.15, 0.2) is 11.6 Å². The zero-order valence-corrected chi connectivity index (χ0v) is 29.3. The maximum absolute atomic E-state index is 12.8. The fraction of sp³-hybridized carbons (Fsp3) is 0.300. The minimum absolute atomic E-state index is 0.269. The Hall–Kier alpha value is -5.24. The van der Waals surface area contributed by atoms with Crippen molar-refractivity contribution in [3.63, 3.8) is 0 Å². The van der Waals surface area contributed by atoms with Crippen LogP contribution in [0.15, 0.2) is 72.8 Å². The van der Waals surface area contributed by atoms with Crippen molar-refractivity contribution in [2.24, 2.45) is 5.41 Å². The molecule has 1 heterocycles. The third-order valence-electron chi connectivity index (χ3n) is 9.36. The lowest BCUT2D eigenvalue weighted by atomic mass is 9.71. The summed E-state index contributed by atoms with van der Waals surface area (Å²) in [6, 6.07) is 23.1. The van der Waals surface area contributed by atoms with E-state index < -0.39 is 28.8 Å². The normalized spacial score (nSPS) is 14.0. The van der Waals surface area contributed by atoms with E-state index in [1.165, 1.54) is 5.56 Å². The largest absolute Gasteiger partial charge is 0.457 e. The fourth-order valence-corrected chi connectivity index (χ4v) is 6.37. The molecule has 8 heteroatoms. The summed E-state index contributed by atoms with van der Waals surface area (Å²) in [5, 5.41) is 0. The summed E-state index contributed by atoms with van der Waals surface area (Å²) >= 11 is 0. The molecule has 4 aromatic carbocycles. The summed E-state index contributed by atoms with van der Waals surface area (Å²) in [4.78, 5) is 52.8. The zero-order chi connectivity index (χ0) is 35.3. The van der Waals surface area contributed by atoms with Crippen molar-refractivity contribution < 1.29 is 28.7 Å². The lowest BCUT2D eigenvalue weighted by molar-refractivity contribution is -0.161. The first kappa shape index (κ1) is 34.1. The second-order valence-corrected chi connectivity index (χ2v) is 13.4. The Morgan fingerprint density at radius 3 is 1.33 bits per heavy atom. The first-order valence-corrected chi connectivity index (χ1v) is 15.9. The van der Waals surface area contributed by atoms with E-state index in [0.29, 0.717) is 11.5 Å². The number of Topliss-reactive ketones (excluding diaryl/α,β-unsaturated/α-hetero) is 2. The number of β-lactam (4-membered cyclic amide) rings is 2. The van der Waals surface area contributed by atoms with Crippen LogP contribution in [0.1, 0.15) is 61.1 Å². The molecule has 0 aliphatic carbocycles. The van der Waals surface area contributed by atoms with Crippen molar-refractivity contribution in [1.29, 1.82) is 0 Å². The average molecular weight is 647 g/mol. The second kappa shape index (κ2) is 12.4. The van der Waals surface area contributed by atoms with Crippen LogP contribution in [0.4, 0.5) is 11.4 Å². The van der Waals surface area contributed by atoms with Crippen molar-refractivity contribution in [3.8, 4) is 23.0 Å². The molecule has 0 unspecified atom stereocenters. The number of nitrogens with zero attached hydrogens (tertiary/aromatic N) is 2. The van der Waals surface area contributed by atoms with Crippen molar-refractivity contribution in [1.82, 2.24) is 0 Å². The number of ether oxygens (including phenoxy) is 2. The van der Waals surface area contributed by atoms with Crippen molar-refractivity contribution in [3.05, 3.63) is 106 Å². The number of anilines is 2. The molecule has 0 radical (unpaired) electrons. The molecule has 248 valence electrons. The molecule has 1 aliphatic heterocycles. The minimum atomic E-state index is -2.23. The summed E-state index contributed by atoms with van der Waals surface area (Å²) in [5.41, 5.74) is 5.17. The Morgan fingerprint density at radius 1 is 0.646 bits per heavy atom. The average Bonchev–Trinajstić information content (AvgIpc) is 3.01. The summed E-state index contributed by atoms with van der Waals surface area (Å²) < 4.78 is 12.6. The number of benzene rings is 4. The maximum atomic E-state index is 12.8. The summed E-state index contributed by atoms with van der Waals surface area (Å²) in [5.74, 6) is -0.312. The molecule has 0 spiro atoms. The van der Waals surface area contributed by atoms with Crippen LogP contribution in [0.3, 0.4) is 0 Å². The summed E-state index contributed by atoms with van der Waals surface area (Å²) in [6.45, 7) is 14.8. The van der Waals surface area contributed by atoms with Crippen LogP contribution in [0.5, 0.6) is 23.0 Å². The number of rotatable bonds is 10. The molecule has 1 fully saturated rings. The molecule has 4 aromatic rings. The highest BCUT2D eigenvalue weighted by molar-refractivity contribution is 6.54. The minimum Gasteiger partial charge on any atom is -0.457 e. The van der Waals surface area contributed by atoms with E-state index in [4.69, 9.17) is 9.47 Å². The van der Waals surface area contributed by atoms with Crippen molar-refractivity contribution >= 4 is 34.8 Å². The Labute approximate surface area is 282 Å². The van der Waals surface area contributed by atoms with Gasteiger partial charge in [-0.2, -0.15) is 0 Å². The van der Waals surface area contributed by atoms with Crippen LogP contribution in [0.2, 0.25) is 0 Å². The van der Waals surface area contributed by atoms with Crippen molar-refractivity contribution in [2.75, 3.05) is 23.9 Å². The topological polar surface area (TPSA) is 93.2 Å². The van der Waals surface area contributed by atoms with Crippen LogP contribution in [0, 0.1) is 33.1 Å². The van der Waals surface area contributed by atoms with Crippen molar-refractivity contribution in [2.45, 2.75) is 60.8 Å². The maximum Gasteiger partial charge on any atom is 0.264 e. The third kappa shape index (κ3) is 5.65. The molecule has 0 saturated carbocycles. The van der Waals surface area contributed by atoms with E-state index in [9.17, 15) is 19.2 Å². The van der Waals surface area contributed by atoms with Gasteiger partial charge in [0, 0.05) is 25.2 Å². The Balaban J connectivity index is 1.34. The van der Waals surface area contributed by atoms with Gasteiger partial charge in [0.2, 0.25) is 5.41 Å². The number of carbonyl (C=O) groups is 4. The van der Waals surface area contributed by atoms with Gasteiger partial charge >= 0.3 is 0 Å². The molecule has 48 heavy (non-hydrogen) atoms. The van der Waals surface area contributed by atoms with Crippen LogP contribution >= 0.6 is 0 Å². The fourth-order valence-electron chi connectivity index (χ4n) is 6.37. The number of aryl methyl sites for hydroxylation is 4. The molecular weight excluding hydrogens is 604 g/mol. The number of hydrogen-bond acceptors (Lipinski definition) is 7. The Bertz CT molecular complexity index is 1880. The smallest absolute Gasteiger partial charge is 0.264 e. The van der Waals surface area contributed by atoms with Gasteiger partial charge in [-0.3, -0.25) is 19.2 Å². The molecule has 0 aromatic heterocycles. The quantitative estimate of drug-likeness (QED) is 0.128. The highest BCUT2D eigenvalue weighted by Crippen LogP contribution is 2.42. The molecule has 2 amide bonds. The first-order chi connectivity index (χ1) is 22.5. The zero-order valence-electron chi connectivity index (χ0n) is 29.3. The molecule has 8 nitrogen and oxygen atoms in total.